The van der Waals surface area contributed by atoms with Crippen molar-refractivity contribution in [3.05, 3.63) is 41.2 Å². The zero-order valence-electron chi connectivity index (χ0n) is 23.2. The molecule has 198 valence electrons. The minimum Gasteiger partial charge on any atom is -0.353 e. The quantitative estimate of drug-likeness (QED) is 0.538. The monoisotopic (exact) mass is 503 g/mol. The Hall–Kier alpha value is -3.00. The highest BCUT2D eigenvalue weighted by Crippen LogP contribution is 2.34. The van der Waals surface area contributed by atoms with E-state index in [4.69, 9.17) is 5.10 Å². The number of likely N-dealkylation sites (tertiary alicyclic amines) is 2. The minimum atomic E-state index is 0.114. The Kier molecular flexibility index (Phi) is 7.21. The number of fused-ring (bicyclic) bond motifs is 2. The number of amides is 1. The molecule has 0 bridgehead atoms. The highest BCUT2D eigenvalue weighted by molar-refractivity contribution is 5.92. The van der Waals surface area contributed by atoms with Gasteiger partial charge in [-0.05, 0) is 64.6 Å². The Morgan fingerprint density at radius 3 is 2.14 bits per heavy atom. The molecule has 3 aromatic rings. The van der Waals surface area contributed by atoms with E-state index in [2.05, 4.69) is 70.1 Å². The molecule has 2 unspecified atom stereocenters. The Morgan fingerprint density at radius 2 is 1.51 bits per heavy atom. The van der Waals surface area contributed by atoms with Crippen LogP contribution in [0.4, 0.5) is 5.82 Å². The van der Waals surface area contributed by atoms with Crippen molar-refractivity contribution in [2.24, 2.45) is 17.8 Å². The van der Waals surface area contributed by atoms with E-state index < -0.39 is 0 Å². The topological polar surface area (TPSA) is 70.4 Å². The van der Waals surface area contributed by atoms with E-state index >= 15 is 0 Å². The van der Waals surface area contributed by atoms with E-state index in [0.29, 0.717) is 17.7 Å². The van der Waals surface area contributed by atoms with Crippen molar-refractivity contribution >= 4 is 22.6 Å². The largest absolute Gasteiger partial charge is 0.353 e. The van der Waals surface area contributed by atoms with Crippen molar-refractivity contribution in [3.8, 4) is 5.69 Å². The predicted molar refractivity (Wildman–Crippen MR) is 148 cm³/mol. The number of hydrogen-bond donors (Lipinski definition) is 0. The third-order valence-electron chi connectivity index (χ3n) is 8.39. The van der Waals surface area contributed by atoms with Crippen molar-refractivity contribution in [1.82, 2.24) is 29.8 Å². The summed E-state index contributed by atoms with van der Waals surface area (Å²) in [5, 5.41) is 15.2. The van der Waals surface area contributed by atoms with E-state index in [1.54, 1.807) is 0 Å². The van der Waals surface area contributed by atoms with Crippen LogP contribution < -0.4 is 4.90 Å². The number of aromatic nitrogens is 4. The smallest absolute Gasteiger partial charge is 0.225 e. The van der Waals surface area contributed by atoms with E-state index in [0.717, 1.165) is 85.9 Å². The minimum absolute atomic E-state index is 0.114. The Balaban J connectivity index is 0.00000137. The van der Waals surface area contributed by atoms with Gasteiger partial charge >= 0.3 is 0 Å². The second-order valence-electron chi connectivity index (χ2n) is 10.9. The fourth-order valence-electron chi connectivity index (χ4n) is 6.47. The van der Waals surface area contributed by atoms with Crippen LogP contribution in [-0.2, 0) is 4.79 Å². The van der Waals surface area contributed by atoms with Gasteiger partial charge < -0.3 is 14.7 Å². The third-order valence-corrected chi connectivity index (χ3v) is 8.39. The van der Waals surface area contributed by atoms with Crippen LogP contribution in [0, 0.1) is 38.5 Å². The fourth-order valence-corrected chi connectivity index (χ4v) is 6.47. The molecule has 0 radical (unpaired) electrons. The summed E-state index contributed by atoms with van der Waals surface area (Å²) in [4.78, 5) is 20.1. The van der Waals surface area contributed by atoms with Gasteiger partial charge in [0, 0.05) is 45.2 Å². The highest BCUT2D eigenvalue weighted by atomic mass is 16.2. The molecule has 3 aliphatic heterocycles. The van der Waals surface area contributed by atoms with Crippen LogP contribution in [0.5, 0.6) is 0 Å². The number of anilines is 1. The van der Waals surface area contributed by atoms with Gasteiger partial charge in [-0.2, -0.15) is 10.2 Å². The maximum Gasteiger partial charge on any atom is 0.225 e. The summed E-state index contributed by atoms with van der Waals surface area (Å²) >= 11 is 0. The van der Waals surface area contributed by atoms with Gasteiger partial charge in [0.1, 0.15) is 5.52 Å². The van der Waals surface area contributed by atoms with Crippen LogP contribution in [0.2, 0.25) is 0 Å². The van der Waals surface area contributed by atoms with Gasteiger partial charge in [-0.1, -0.05) is 31.5 Å². The van der Waals surface area contributed by atoms with E-state index in [9.17, 15) is 4.79 Å². The van der Waals surface area contributed by atoms with Gasteiger partial charge in [0.25, 0.3) is 0 Å². The summed E-state index contributed by atoms with van der Waals surface area (Å²) < 4.78 is 2.00. The first-order valence-corrected chi connectivity index (χ1v) is 13.9. The van der Waals surface area contributed by atoms with Gasteiger partial charge in [0.05, 0.1) is 22.5 Å². The molecular weight excluding hydrogens is 462 g/mol. The van der Waals surface area contributed by atoms with Crippen LogP contribution in [-0.4, -0.2) is 82.0 Å². The number of hydrogen-bond acceptors (Lipinski definition) is 6. The normalized spacial score (nSPS) is 22.3. The number of aryl methyl sites for hydroxylation is 3. The van der Waals surface area contributed by atoms with Crippen LogP contribution in [0.1, 0.15) is 43.6 Å². The maximum absolute atomic E-state index is 13.3. The average molecular weight is 504 g/mol. The predicted octanol–water partition coefficient (Wildman–Crippen LogP) is 4.00. The molecule has 0 spiro atoms. The van der Waals surface area contributed by atoms with Crippen LogP contribution in [0.15, 0.2) is 24.3 Å². The number of rotatable bonds is 3. The summed E-state index contributed by atoms with van der Waals surface area (Å²) in [6.07, 6.45) is 1.72. The van der Waals surface area contributed by atoms with Gasteiger partial charge in [0.15, 0.2) is 5.82 Å². The van der Waals surface area contributed by atoms with Gasteiger partial charge in [0.2, 0.25) is 5.91 Å². The zero-order chi connectivity index (χ0) is 26.3. The molecule has 2 atom stereocenters. The van der Waals surface area contributed by atoms with Gasteiger partial charge in [-0.3, -0.25) is 4.79 Å². The lowest BCUT2D eigenvalue weighted by Gasteiger charge is -2.34. The molecule has 8 heteroatoms. The van der Waals surface area contributed by atoms with E-state index in [-0.39, 0.29) is 5.92 Å². The Labute approximate surface area is 220 Å². The molecule has 37 heavy (non-hydrogen) atoms. The van der Waals surface area contributed by atoms with Crippen LogP contribution >= 0.6 is 0 Å². The highest BCUT2D eigenvalue weighted by Gasteiger charge is 2.42. The Bertz CT molecular complexity index is 1250. The number of carbonyl (C=O) groups is 1. The van der Waals surface area contributed by atoms with Crippen molar-refractivity contribution in [1.29, 1.82) is 0 Å². The first kappa shape index (κ1) is 25.6. The molecule has 0 aliphatic carbocycles. The molecule has 6 rings (SSSR count). The van der Waals surface area contributed by atoms with E-state index in [1.807, 2.05) is 25.5 Å². The van der Waals surface area contributed by atoms with Crippen molar-refractivity contribution in [2.45, 2.75) is 47.5 Å². The summed E-state index contributed by atoms with van der Waals surface area (Å²) in [7, 11) is 2.19. The third kappa shape index (κ3) is 4.72. The second-order valence-corrected chi connectivity index (χ2v) is 10.9. The van der Waals surface area contributed by atoms with Crippen LogP contribution in [0.3, 0.4) is 0 Å². The maximum atomic E-state index is 13.3. The summed E-state index contributed by atoms with van der Waals surface area (Å²) in [5.74, 6) is 2.63. The fraction of sp³-hybridized carbons (Fsp3) is 0.586. The summed E-state index contributed by atoms with van der Waals surface area (Å²) in [5.41, 5.74) is 5.14. The summed E-state index contributed by atoms with van der Waals surface area (Å²) in [6, 6.07) is 8.43. The lowest BCUT2D eigenvalue weighted by atomic mass is 9.95. The van der Waals surface area contributed by atoms with Gasteiger partial charge in [-0.25, -0.2) is 4.68 Å². The molecular formula is C29H41N7O. The number of carbonyl (C=O) groups excluding carboxylic acids is 1. The molecule has 3 saturated heterocycles. The lowest BCUT2D eigenvalue weighted by molar-refractivity contribution is -0.135. The lowest BCUT2D eigenvalue weighted by Crippen LogP contribution is -2.43. The second kappa shape index (κ2) is 10.4. The van der Waals surface area contributed by atoms with Crippen molar-refractivity contribution in [2.75, 3.05) is 51.2 Å². The molecule has 1 amide bonds. The number of benzene rings is 1. The number of piperidine rings is 1. The first-order chi connectivity index (χ1) is 17.9. The molecule has 1 aromatic carbocycles. The number of nitrogens with zero attached hydrogens (tertiary/aromatic N) is 7. The van der Waals surface area contributed by atoms with Crippen molar-refractivity contribution in [3.63, 3.8) is 0 Å². The van der Waals surface area contributed by atoms with Crippen molar-refractivity contribution < 1.29 is 4.79 Å². The molecule has 2 aromatic heterocycles. The van der Waals surface area contributed by atoms with E-state index in [1.165, 1.54) is 5.56 Å². The molecule has 5 heterocycles. The first-order valence-electron chi connectivity index (χ1n) is 13.9. The average Bonchev–Trinajstić information content (AvgIpc) is 3.57. The molecule has 0 saturated carbocycles. The molecule has 3 fully saturated rings. The SMILES string of the molecule is CC.Cc1ccc(-n2nc3c(N4CCC(C(=O)N5CC6CN(C)CC6C5)CC4)nnc(C)c3c2C)cc1. The van der Waals surface area contributed by atoms with Crippen LogP contribution in [0.25, 0.3) is 16.6 Å². The zero-order valence-corrected chi connectivity index (χ0v) is 23.2. The van der Waals surface area contributed by atoms with Gasteiger partial charge in [-0.15, -0.1) is 5.10 Å². The molecule has 0 N–H and O–H groups in total. The summed E-state index contributed by atoms with van der Waals surface area (Å²) in [6.45, 7) is 15.9. The molecule has 8 nitrogen and oxygen atoms in total. The molecule has 3 aliphatic rings. The standard InChI is InChI=1S/C27H35N7O.C2H6/c1-17-5-7-23(8-6-17)34-19(3)24-18(2)28-29-26(25(24)30-34)32-11-9-20(10-12-32)27(35)33-15-21-13-31(4)14-22(21)16-33;1-2/h5-8,20-22H,9-16H2,1-4H3;1-2H3. The Morgan fingerprint density at radius 1 is 0.892 bits per heavy atom.